The van der Waals surface area contributed by atoms with Crippen LogP contribution in [-0.4, -0.2) is 37.7 Å². The molecule has 0 radical (unpaired) electrons. The quantitative estimate of drug-likeness (QED) is 0.898. The van der Waals surface area contributed by atoms with Gasteiger partial charge in [0.1, 0.15) is 5.75 Å². The molecule has 23 heavy (non-hydrogen) atoms. The Hall–Kier alpha value is -1.77. The van der Waals surface area contributed by atoms with Crippen molar-refractivity contribution in [2.24, 2.45) is 0 Å². The van der Waals surface area contributed by atoms with Crippen molar-refractivity contribution in [3.8, 4) is 5.75 Å². The van der Waals surface area contributed by atoms with Crippen LogP contribution in [0.3, 0.4) is 0 Å². The van der Waals surface area contributed by atoms with Crippen LogP contribution in [-0.2, 0) is 21.1 Å². The minimum Gasteiger partial charge on any atom is -0.406 e. The Labute approximate surface area is 131 Å². The van der Waals surface area contributed by atoms with E-state index in [-0.39, 0.29) is 29.6 Å². The minimum atomic E-state index is -4.76. The average molecular weight is 351 g/mol. The summed E-state index contributed by atoms with van der Waals surface area (Å²) in [7, 11) is -3.13. The first-order valence-corrected chi connectivity index (χ1v) is 8.65. The van der Waals surface area contributed by atoms with E-state index in [0.29, 0.717) is 12.0 Å². The predicted molar refractivity (Wildman–Crippen MR) is 76.6 cm³/mol. The molecule has 1 aromatic carbocycles. The Bertz CT molecular complexity index is 685. The van der Waals surface area contributed by atoms with Gasteiger partial charge in [-0.1, -0.05) is 12.1 Å². The Kier molecular flexibility index (Phi) is 4.61. The van der Waals surface area contributed by atoms with Crippen molar-refractivity contribution in [3.63, 3.8) is 0 Å². The third-order valence-electron chi connectivity index (χ3n) is 3.47. The second-order valence-electron chi connectivity index (χ2n) is 5.82. The predicted octanol–water partition coefficient (Wildman–Crippen LogP) is 1.82. The highest BCUT2D eigenvalue weighted by Gasteiger charge is 2.39. The molecule has 0 spiro atoms. The molecule has 1 aromatic rings. The third-order valence-corrected chi connectivity index (χ3v) is 5.37. The highest BCUT2D eigenvalue weighted by molar-refractivity contribution is 7.91. The average Bonchev–Trinajstić information content (AvgIpc) is 2.63. The van der Waals surface area contributed by atoms with Gasteiger partial charge in [0.25, 0.3) is 0 Å². The summed E-state index contributed by atoms with van der Waals surface area (Å²) in [4.78, 5) is 12.0. The fourth-order valence-electron chi connectivity index (χ4n) is 2.48. The van der Waals surface area contributed by atoms with Gasteiger partial charge in [0.15, 0.2) is 9.84 Å². The normalized spacial score (nSPS) is 23.5. The molecule has 9 heteroatoms. The van der Waals surface area contributed by atoms with E-state index >= 15 is 0 Å². The number of halogens is 3. The van der Waals surface area contributed by atoms with Gasteiger partial charge in [0.05, 0.1) is 23.5 Å². The number of sulfone groups is 1. The van der Waals surface area contributed by atoms with Crippen LogP contribution in [0.5, 0.6) is 5.75 Å². The molecule has 0 aliphatic carbocycles. The minimum absolute atomic E-state index is 0.0350. The zero-order chi connectivity index (χ0) is 17.3. The lowest BCUT2D eigenvalue weighted by Gasteiger charge is -2.23. The number of nitrogens with one attached hydrogen (secondary N) is 1. The van der Waals surface area contributed by atoms with Crippen molar-refractivity contribution >= 4 is 15.7 Å². The number of rotatable bonds is 4. The summed E-state index contributed by atoms with van der Waals surface area (Å²) >= 11 is 0. The zero-order valence-corrected chi connectivity index (χ0v) is 13.1. The number of amides is 1. The van der Waals surface area contributed by atoms with Crippen molar-refractivity contribution in [3.05, 3.63) is 29.8 Å². The molecule has 1 amide bonds. The monoisotopic (exact) mass is 351 g/mol. The number of ether oxygens (including phenoxy) is 1. The molecule has 128 valence electrons. The fraction of sp³-hybridized carbons (Fsp3) is 0.500. The van der Waals surface area contributed by atoms with Crippen molar-refractivity contribution in [1.29, 1.82) is 0 Å². The van der Waals surface area contributed by atoms with Crippen molar-refractivity contribution in [2.45, 2.75) is 31.7 Å². The van der Waals surface area contributed by atoms with Crippen LogP contribution >= 0.6 is 0 Å². The number of carbonyl (C=O) groups is 1. The largest absolute Gasteiger partial charge is 0.573 e. The van der Waals surface area contributed by atoms with Crippen molar-refractivity contribution in [1.82, 2.24) is 5.32 Å². The number of carbonyl (C=O) groups excluding carboxylic acids is 1. The van der Waals surface area contributed by atoms with Crippen LogP contribution in [0.15, 0.2) is 24.3 Å². The van der Waals surface area contributed by atoms with Gasteiger partial charge in [-0.05, 0) is 31.0 Å². The Balaban J connectivity index is 1.93. The smallest absolute Gasteiger partial charge is 0.406 e. The highest BCUT2D eigenvalue weighted by atomic mass is 32.2. The van der Waals surface area contributed by atoms with Gasteiger partial charge in [-0.25, -0.2) is 8.42 Å². The summed E-state index contributed by atoms with van der Waals surface area (Å²) in [5, 5.41) is 2.68. The summed E-state index contributed by atoms with van der Waals surface area (Å²) in [6, 6.07) is 4.96. The van der Waals surface area contributed by atoms with Gasteiger partial charge in [-0.15, -0.1) is 13.2 Å². The molecule has 1 aliphatic rings. The molecule has 1 aliphatic heterocycles. The molecular weight excluding hydrogens is 335 g/mol. The van der Waals surface area contributed by atoms with Crippen LogP contribution < -0.4 is 10.1 Å². The van der Waals surface area contributed by atoms with E-state index in [1.165, 1.54) is 12.1 Å². The van der Waals surface area contributed by atoms with Crippen LogP contribution in [0.2, 0.25) is 0 Å². The second-order valence-corrected chi connectivity index (χ2v) is 8.00. The topological polar surface area (TPSA) is 72.5 Å². The van der Waals surface area contributed by atoms with Crippen molar-refractivity contribution < 1.29 is 31.1 Å². The van der Waals surface area contributed by atoms with Crippen LogP contribution in [0.25, 0.3) is 0 Å². The molecule has 2 rings (SSSR count). The number of alkyl halides is 3. The van der Waals surface area contributed by atoms with E-state index in [0.717, 1.165) is 12.1 Å². The maximum atomic E-state index is 12.0. The Morgan fingerprint density at radius 1 is 1.30 bits per heavy atom. The molecule has 1 heterocycles. The van der Waals surface area contributed by atoms with Gasteiger partial charge < -0.3 is 10.1 Å². The Morgan fingerprint density at radius 2 is 1.91 bits per heavy atom. The first kappa shape index (κ1) is 17.6. The summed E-state index contributed by atoms with van der Waals surface area (Å²) in [6.45, 7) is 1.66. The standard InChI is InChI=1S/C14H16F3NO4S/c1-13(6-7-23(20,21)9-13)18-12(19)8-10-2-4-11(5-3-10)22-14(15,16)17/h2-5H,6-9H2,1H3,(H,18,19)/t13-/m0/s1. The van der Waals surface area contributed by atoms with E-state index in [4.69, 9.17) is 0 Å². The van der Waals surface area contributed by atoms with Gasteiger partial charge in [0.2, 0.25) is 5.91 Å². The molecule has 0 saturated carbocycles. The SMILES string of the molecule is C[C@]1(NC(=O)Cc2ccc(OC(F)(F)F)cc2)CCS(=O)(=O)C1. The van der Waals surface area contributed by atoms with Gasteiger partial charge in [-0.2, -0.15) is 0 Å². The molecule has 0 unspecified atom stereocenters. The van der Waals surface area contributed by atoms with Crippen LogP contribution in [0.1, 0.15) is 18.9 Å². The molecular formula is C14H16F3NO4S. The van der Waals surface area contributed by atoms with Crippen LogP contribution in [0, 0.1) is 0 Å². The second kappa shape index (κ2) is 6.03. The first-order chi connectivity index (χ1) is 10.5. The Morgan fingerprint density at radius 3 is 2.39 bits per heavy atom. The number of hydrogen-bond acceptors (Lipinski definition) is 4. The number of benzene rings is 1. The molecule has 0 bridgehead atoms. The van der Waals surface area contributed by atoms with Crippen molar-refractivity contribution in [2.75, 3.05) is 11.5 Å². The van der Waals surface area contributed by atoms with Gasteiger partial charge >= 0.3 is 6.36 Å². The summed E-state index contributed by atoms with van der Waals surface area (Å²) in [5.41, 5.74) is -0.295. The van der Waals surface area contributed by atoms with Gasteiger partial charge in [-0.3, -0.25) is 4.79 Å². The molecule has 1 fully saturated rings. The molecule has 0 aromatic heterocycles. The molecule has 5 nitrogen and oxygen atoms in total. The summed E-state index contributed by atoms with van der Waals surface area (Å²) < 4.78 is 62.8. The molecule has 1 N–H and O–H groups in total. The van der Waals surface area contributed by atoms with E-state index in [9.17, 15) is 26.4 Å². The van der Waals surface area contributed by atoms with Crippen LogP contribution in [0.4, 0.5) is 13.2 Å². The summed E-state index contributed by atoms with van der Waals surface area (Å²) in [5.74, 6) is -0.818. The zero-order valence-electron chi connectivity index (χ0n) is 12.3. The lowest BCUT2D eigenvalue weighted by atomic mass is 10.0. The highest BCUT2D eigenvalue weighted by Crippen LogP contribution is 2.24. The summed E-state index contributed by atoms with van der Waals surface area (Å²) in [6.07, 6.45) is -4.47. The lowest BCUT2D eigenvalue weighted by Crippen LogP contribution is -2.47. The lowest BCUT2D eigenvalue weighted by molar-refractivity contribution is -0.274. The van der Waals surface area contributed by atoms with E-state index in [1.54, 1.807) is 6.92 Å². The third kappa shape index (κ3) is 5.42. The maximum Gasteiger partial charge on any atom is 0.573 e. The van der Waals surface area contributed by atoms with E-state index in [1.807, 2.05) is 0 Å². The first-order valence-electron chi connectivity index (χ1n) is 6.83. The molecule has 1 saturated heterocycles. The maximum absolute atomic E-state index is 12.0. The van der Waals surface area contributed by atoms with Gasteiger partial charge in [0, 0.05) is 0 Å². The van der Waals surface area contributed by atoms with E-state index in [2.05, 4.69) is 10.1 Å². The number of hydrogen-bond donors (Lipinski definition) is 1. The molecule has 1 atom stereocenters. The fourth-order valence-corrected chi connectivity index (χ4v) is 4.58. The van der Waals surface area contributed by atoms with E-state index < -0.39 is 21.7 Å².